The Hall–Kier alpha value is -3.28. The number of carbonyl (C=O) groups is 1. The van der Waals surface area contributed by atoms with Crippen LogP contribution in [0.3, 0.4) is 0 Å². The number of pyridine rings is 1. The van der Waals surface area contributed by atoms with E-state index in [0.29, 0.717) is 12.2 Å². The average molecular weight is 334 g/mol. The van der Waals surface area contributed by atoms with Crippen LogP contribution in [0.25, 0.3) is 6.08 Å². The van der Waals surface area contributed by atoms with E-state index in [1.54, 1.807) is 29.9 Å². The Morgan fingerprint density at radius 3 is 2.68 bits per heavy atom. The van der Waals surface area contributed by atoms with Crippen LogP contribution >= 0.6 is 0 Å². The molecule has 0 N–H and O–H groups in total. The molecule has 1 aromatic carbocycles. The highest BCUT2D eigenvalue weighted by atomic mass is 16.1. The summed E-state index contributed by atoms with van der Waals surface area (Å²) in [6.07, 6.45) is 3.23. The van der Waals surface area contributed by atoms with Gasteiger partial charge >= 0.3 is 0 Å². The van der Waals surface area contributed by atoms with Crippen molar-refractivity contribution in [3.8, 4) is 0 Å². The first-order valence-electron chi connectivity index (χ1n) is 7.88. The van der Waals surface area contributed by atoms with Crippen LogP contribution in [0.15, 0.2) is 60.0 Å². The zero-order valence-corrected chi connectivity index (χ0v) is 13.9. The molecule has 0 amide bonds. The topological polar surface area (TPSA) is 69.8 Å². The predicted octanol–water partition coefficient (Wildman–Crippen LogP) is 2.32. The SMILES string of the molecule is C=Cc1ccc(=O)n(CC(=O)c2nnn(Cc3ccccc3)c2C)c1. The summed E-state index contributed by atoms with van der Waals surface area (Å²) in [5, 5.41) is 8.08. The Balaban J connectivity index is 1.82. The number of hydrogen-bond donors (Lipinski definition) is 0. The summed E-state index contributed by atoms with van der Waals surface area (Å²) in [6, 6.07) is 12.9. The van der Waals surface area contributed by atoms with Crippen LogP contribution in [0.1, 0.15) is 27.3 Å². The van der Waals surface area contributed by atoms with Gasteiger partial charge in [-0.2, -0.15) is 0 Å². The van der Waals surface area contributed by atoms with Gasteiger partial charge in [0.2, 0.25) is 5.78 Å². The summed E-state index contributed by atoms with van der Waals surface area (Å²) < 4.78 is 3.04. The van der Waals surface area contributed by atoms with E-state index in [1.165, 1.54) is 10.6 Å². The number of ketones is 1. The fraction of sp³-hybridized carbons (Fsp3) is 0.158. The quantitative estimate of drug-likeness (QED) is 0.649. The summed E-state index contributed by atoms with van der Waals surface area (Å²) in [4.78, 5) is 24.5. The van der Waals surface area contributed by atoms with Crippen molar-refractivity contribution < 1.29 is 4.79 Å². The van der Waals surface area contributed by atoms with E-state index < -0.39 is 0 Å². The molecule has 0 bridgehead atoms. The molecule has 0 aliphatic carbocycles. The van der Waals surface area contributed by atoms with Gasteiger partial charge in [0.25, 0.3) is 5.56 Å². The predicted molar refractivity (Wildman–Crippen MR) is 95.4 cm³/mol. The van der Waals surface area contributed by atoms with Crippen LogP contribution in [0, 0.1) is 6.92 Å². The maximum atomic E-state index is 12.6. The van der Waals surface area contributed by atoms with Crippen molar-refractivity contribution in [2.24, 2.45) is 0 Å². The Labute approximate surface area is 145 Å². The minimum atomic E-state index is -0.250. The monoisotopic (exact) mass is 334 g/mol. The van der Waals surface area contributed by atoms with Crippen molar-refractivity contribution in [1.82, 2.24) is 19.6 Å². The number of Topliss-reactive ketones (excluding diaryl/α,β-unsaturated/α-hetero) is 1. The first kappa shape index (κ1) is 16.6. The second-order valence-corrected chi connectivity index (χ2v) is 5.72. The van der Waals surface area contributed by atoms with Gasteiger partial charge in [0.05, 0.1) is 18.8 Å². The van der Waals surface area contributed by atoms with Gasteiger partial charge in [0.15, 0.2) is 5.69 Å². The lowest BCUT2D eigenvalue weighted by molar-refractivity contribution is 0.0965. The highest BCUT2D eigenvalue weighted by molar-refractivity contribution is 5.94. The van der Waals surface area contributed by atoms with Crippen molar-refractivity contribution in [3.63, 3.8) is 0 Å². The van der Waals surface area contributed by atoms with Crippen LogP contribution in [0.4, 0.5) is 0 Å². The van der Waals surface area contributed by atoms with Gasteiger partial charge in [-0.05, 0) is 24.1 Å². The molecule has 0 spiro atoms. The summed E-state index contributed by atoms with van der Waals surface area (Å²) in [5.41, 5.74) is 2.57. The molecule has 0 aliphatic rings. The molecular weight excluding hydrogens is 316 g/mol. The molecule has 0 fully saturated rings. The van der Waals surface area contributed by atoms with Crippen LogP contribution in [0.2, 0.25) is 0 Å². The second kappa shape index (κ2) is 7.09. The van der Waals surface area contributed by atoms with Gasteiger partial charge in [-0.15, -0.1) is 5.10 Å². The van der Waals surface area contributed by atoms with Gasteiger partial charge in [-0.25, -0.2) is 4.68 Å². The molecule has 3 aromatic rings. The molecule has 0 atom stereocenters. The first-order valence-corrected chi connectivity index (χ1v) is 7.88. The van der Waals surface area contributed by atoms with Gasteiger partial charge in [0, 0.05) is 12.3 Å². The number of aromatic nitrogens is 4. The standard InChI is InChI=1S/C19H18N4O2/c1-3-15-9-10-18(25)22(11-15)13-17(24)19-14(2)23(21-20-19)12-16-7-5-4-6-8-16/h3-11H,1,12-13H2,2H3. The van der Waals surface area contributed by atoms with Crippen LogP contribution in [-0.4, -0.2) is 25.3 Å². The van der Waals surface area contributed by atoms with Crippen molar-refractivity contribution in [2.75, 3.05) is 0 Å². The zero-order chi connectivity index (χ0) is 17.8. The van der Waals surface area contributed by atoms with E-state index in [0.717, 1.165) is 11.1 Å². The fourth-order valence-electron chi connectivity index (χ4n) is 2.55. The lowest BCUT2D eigenvalue weighted by Crippen LogP contribution is -2.24. The minimum absolute atomic E-state index is 0.0780. The maximum Gasteiger partial charge on any atom is 0.250 e. The highest BCUT2D eigenvalue weighted by Crippen LogP contribution is 2.09. The Morgan fingerprint density at radius 1 is 1.20 bits per heavy atom. The third kappa shape index (κ3) is 3.63. The first-order chi connectivity index (χ1) is 12.1. The number of carbonyl (C=O) groups excluding carboxylic acids is 1. The lowest BCUT2D eigenvalue weighted by Gasteiger charge is -2.06. The molecule has 0 saturated heterocycles. The van der Waals surface area contributed by atoms with Gasteiger partial charge in [-0.3, -0.25) is 9.59 Å². The van der Waals surface area contributed by atoms with E-state index in [1.807, 2.05) is 30.3 Å². The smallest absolute Gasteiger partial charge is 0.250 e. The number of benzene rings is 1. The van der Waals surface area contributed by atoms with E-state index >= 15 is 0 Å². The third-order valence-electron chi connectivity index (χ3n) is 3.98. The number of rotatable bonds is 6. The van der Waals surface area contributed by atoms with Crippen LogP contribution < -0.4 is 5.56 Å². The molecule has 6 heteroatoms. The van der Waals surface area contributed by atoms with E-state index in [-0.39, 0.29) is 23.6 Å². The summed E-state index contributed by atoms with van der Waals surface area (Å²) in [6.45, 7) is 5.94. The van der Waals surface area contributed by atoms with Crippen molar-refractivity contribution in [3.05, 3.63) is 88.1 Å². The summed E-state index contributed by atoms with van der Waals surface area (Å²) in [7, 11) is 0. The summed E-state index contributed by atoms with van der Waals surface area (Å²) >= 11 is 0. The third-order valence-corrected chi connectivity index (χ3v) is 3.98. The van der Waals surface area contributed by atoms with Gasteiger partial charge in [0.1, 0.15) is 0 Å². The fourth-order valence-corrected chi connectivity index (χ4v) is 2.55. The normalized spacial score (nSPS) is 10.6. The van der Waals surface area contributed by atoms with Crippen LogP contribution in [-0.2, 0) is 13.1 Å². The average Bonchev–Trinajstić information content (AvgIpc) is 2.98. The molecule has 0 saturated carbocycles. The molecule has 2 heterocycles. The molecule has 0 aliphatic heterocycles. The van der Waals surface area contributed by atoms with Crippen molar-refractivity contribution in [2.45, 2.75) is 20.0 Å². The molecule has 0 unspecified atom stereocenters. The van der Waals surface area contributed by atoms with Gasteiger partial charge in [-0.1, -0.05) is 48.2 Å². The molecule has 2 aromatic heterocycles. The number of nitrogens with zero attached hydrogens (tertiary/aromatic N) is 4. The Bertz CT molecular complexity index is 971. The molecule has 126 valence electrons. The molecule has 25 heavy (non-hydrogen) atoms. The van der Waals surface area contributed by atoms with E-state index in [2.05, 4.69) is 16.9 Å². The Morgan fingerprint density at radius 2 is 1.96 bits per heavy atom. The van der Waals surface area contributed by atoms with Crippen LogP contribution in [0.5, 0.6) is 0 Å². The number of hydrogen-bond acceptors (Lipinski definition) is 4. The molecular formula is C19H18N4O2. The maximum absolute atomic E-state index is 12.6. The summed E-state index contributed by atoms with van der Waals surface area (Å²) in [5.74, 6) is -0.250. The largest absolute Gasteiger partial charge is 0.307 e. The zero-order valence-electron chi connectivity index (χ0n) is 13.9. The second-order valence-electron chi connectivity index (χ2n) is 5.72. The molecule has 6 nitrogen and oxygen atoms in total. The molecule has 3 rings (SSSR count). The highest BCUT2D eigenvalue weighted by Gasteiger charge is 2.17. The lowest BCUT2D eigenvalue weighted by atomic mass is 10.2. The van der Waals surface area contributed by atoms with Crippen molar-refractivity contribution in [1.29, 1.82) is 0 Å². The van der Waals surface area contributed by atoms with E-state index in [9.17, 15) is 9.59 Å². The van der Waals surface area contributed by atoms with Crippen molar-refractivity contribution >= 4 is 11.9 Å². The molecule has 0 radical (unpaired) electrons. The Kier molecular flexibility index (Phi) is 4.70. The van der Waals surface area contributed by atoms with E-state index in [4.69, 9.17) is 0 Å². The minimum Gasteiger partial charge on any atom is -0.307 e. The van der Waals surface area contributed by atoms with Gasteiger partial charge < -0.3 is 4.57 Å².